The number of Topliss-reactive ketones (excluding diaryl/α,β-unsaturated/α-hetero) is 1. The van der Waals surface area contributed by atoms with E-state index < -0.39 is 0 Å². The Balaban J connectivity index is 1.99. The fraction of sp³-hybridized carbons (Fsp3) is 0.438. The number of carbonyl (C=O) groups excluding carboxylic acids is 1. The second kappa shape index (κ2) is 5.96. The van der Waals surface area contributed by atoms with Crippen LogP contribution in [0.1, 0.15) is 38.4 Å². The number of hydrogen-bond donors (Lipinski definition) is 0. The van der Waals surface area contributed by atoms with E-state index in [-0.39, 0.29) is 23.9 Å². The van der Waals surface area contributed by atoms with Crippen molar-refractivity contribution in [2.75, 3.05) is 0 Å². The molecule has 0 saturated heterocycles. The van der Waals surface area contributed by atoms with E-state index in [1.807, 2.05) is 38.1 Å². The molecular formula is C16H20O2. The second-order valence-electron chi connectivity index (χ2n) is 5.06. The summed E-state index contributed by atoms with van der Waals surface area (Å²) in [6, 6.07) is 10.2. The van der Waals surface area contributed by atoms with Gasteiger partial charge in [0.1, 0.15) is 5.78 Å². The molecule has 1 aromatic rings. The molecule has 2 heteroatoms. The third kappa shape index (κ3) is 3.30. The molecule has 0 aliphatic carbocycles. The van der Waals surface area contributed by atoms with Crippen molar-refractivity contribution < 1.29 is 9.53 Å². The van der Waals surface area contributed by atoms with Crippen LogP contribution < -0.4 is 0 Å². The summed E-state index contributed by atoms with van der Waals surface area (Å²) < 4.78 is 5.99. The van der Waals surface area contributed by atoms with Crippen molar-refractivity contribution in [1.29, 1.82) is 0 Å². The summed E-state index contributed by atoms with van der Waals surface area (Å²) in [4.78, 5) is 11.7. The number of ether oxygens (including phenoxy) is 1. The molecule has 0 N–H and O–H groups in total. The van der Waals surface area contributed by atoms with E-state index in [0.717, 1.165) is 6.42 Å². The quantitative estimate of drug-likeness (QED) is 0.755. The highest BCUT2D eigenvalue weighted by Gasteiger charge is 2.22. The summed E-state index contributed by atoms with van der Waals surface area (Å²) in [6.45, 7) is 3.87. The topological polar surface area (TPSA) is 26.3 Å². The fourth-order valence-electron chi connectivity index (χ4n) is 2.10. The molecule has 1 aliphatic heterocycles. The van der Waals surface area contributed by atoms with Crippen molar-refractivity contribution in [1.82, 2.24) is 0 Å². The van der Waals surface area contributed by atoms with Crippen LogP contribution in [0.15, 0.2) is 42.5 Å². The van der Waals surface area contributed by atoms with E-state index >= 15 is 0 Å². The van der Waals surface area contributed by atoms with E-state index in [1.165, 1.54) is 5.56 Å². The lowest BCUT2D eigenvalue weighted by molar-refractivity contribution is -0.125. The Bertz CT molecular complexity index is 420. The normalized spacial score (nSPS) is 23.3. The van der Waals surface area contributed by atoms with Crippen LogP contribution in [0.2, 0.25) is 0 Å². The SMILES string of the molecule is CC(C)C(=O)C[C@H]1C=CC[C@@H](c2ccccc2)O1. The van der Waals surface area contributed by atoms with Crippen molar-refractivity contribution in [3.05, 3.63) is 48.0 Å². The summed E-state index contributed by atoms with van der Waals surface area (Å²) in [5.41, 5.74) is 1.18. The Labute approximate surface area is 109 Å². The van der Waals surface area contributed by atoms with E-state index in [9.17, 15) is 4.79 Å². The Morgan fingerprint density at radius 1 is 1.33 bits per heavy atom. The molecule has 1 heterocycles. The lowest BCUT2D eigenvalue weighted by Crippen LogP contribution is -2.23. The summed E-state index contributed by atoms with van der Waals surface area (Å²) in [6.07, 6.45) is 5.52. The molecule has 0 saturated carbocycles. The monoisotopic (exact) mass is 244 g/mol. The van der Waals surface area contributed by atoms with Gasteiger partial charge in [-0.15, -0.1) is 0 Å². The Kier molecular flexibility index (Phi) is 4.32. The van der Waals surface area contributed by atoms with Crippen LogP contribution in [-0.4, -0.2) is 11.9 Å². The average molecular weight is 244 g/mol. The molecule has 1 aliphatic rings. The Morgan fingerprint density at radius 2 is 2.06 bits per heavy atom. The Morgan fingerprint density at radius 3 is 2.72 bits per heavy atom. The minimum Gasteiger partial charge on any atom is -0.365 e. The first-order chi connectivity index (χ1) is 8.66. The minimum atomic E-state index is -0.0705. The van der Waals surface area contributed by atoms with Crippen LogP contribution in [-0.2, 0) is 9.53 Å². The lowest BCUT2D eigenvalue weighted by Gasteiger charge is -2.26. The summed E-state index contributed by atoms with van der Waals surface area (Å²) in [7, 11) is 0. The number of benzene rings is 1. The standard InChI is InChI=1S/C16H20O2/c1-12(2)15(17)11-14-9-6-10-16(18-14)13-7-4-3-5-8-13/h3-9,12,14,16H,10-11H2,1-2H3/t14-,16+/m1/s1. The highest BCUT2D eigenvalue weighted by atomic mass is 16.5. The first-order valence-corrected chi connectivity index (χ1v) is 6.56. The highest BCUT2D eigenvalue weighted by molar-refractivity contribution is 5.81. The zero-order chi connectivity index (χ0) is 13.0. The molecule has 0 bridgehead atoms. The minimum absolute atomic E-state index is 0.0705. The van der Waals surface area contributed by atoms with Crippen molar-refractivity contribution >= 4 is 5.78 Å². The predicted molar refractivity (Wildman–Crippen MR) is 72.3 cm³/mol. The van der Waals surface area contributed by atoms with E-state index in [1.54, 1.807) is 0 Å². The molecular weight excluding hydrogens is 224 g/mol. The molecule has 0 aromatic heterocycles. The number of rotatable bonds is 4. The second-order valence-corrected chi connectivity index (χ2v) is 5.06. The van der Waals surface area contributed by atoms with Crippen LogP contribution >= 0.6 is 0 Å². The van der Waals surface area contributed by atoms with Gasteiger partial charge in [0, 0.05) is 12.3 Å². The molecule has 0 spiro atoms. The zero-order valence-electron chi connectivity index (χ0n) is 11.0. The van der Waals surface area contributed by atoms with Gasteiger partial charge in [-0.2, -0.15) is 0 Å². The summed E-state index contributed by atoms with van der Waals surface area (Å²) >= 11 is 0. The lowest BCUT2D eigenvalue weighted by atomic mass is 9.98. The van der Waals surface area contributed by atoms with Gasteiger partial charge < -0.3 is 4.74 Å². The number of carbonyl (C=O) groups is 1. The van der Waals surface area contributed by atoms with E-state index in [4.69, 9.17) is 4.74 Å². The fourth-order valence-corrected chi connectivity index (χ4v) is 2.10. The molecule has 2 nitrogen and oxygen atoms in total. The molecule has 18 heavy (non-hydrogen) atoms. The van der Waals surface area contributed by atoms with Crippen LogP contribution in [0.4, 0.5) is 0 Å². The van der Waals surface area contributed by atoms with Crippen LogP contribution in [0, 0.1) is 5.92 Å². The molecule has 2 rings (SSSR count). The maximum Gasteiger partial charge on any atom is 0.138 e. The smallest absolute Gasteiger partial charge is 0.138 e. The first kappa shape index (κ1) is 13.0. The van der Waals surface area contributed by atoms with Gasteiger partial charge in [0.25, 0.3) is 0 Å². The van der Waals surface area contributed by atoms with Crippen LogP contribution in [0.25, 0.3) is 0 Å². The maximum atomic E-state index is 11.7. The molecule has 0 unspecified atom stereocenters. The predicted octanol–water partition coefficient (Wildman–Crippen LogP) is 3.69. The van der Waals surface area contributed by atoms with E-state index in [2.05, 4.69) is 18.2 Å². The molecule has 0 radical (unpaired) electrons. The summed E-state index contributed by atoms with van der Waals surface area (Å²) in [5, 5.41) is 0. The maximum absolute atomic E-state index is 11.7. The molecule has 1 aromatic carbocycles. The van der Waals surface area contributed by atoms with Gasteiger partial charge >= 0.3 is 0 Å². The van der Waals surface area contributed by atoms with Crippen LogP contribution in [0.5, 0.6) is 0 Å². The average Bonchev–Trinajstić information content (AvgIpc) is 2.40. The number of ketones is 1. The largest absolute Gasteiger partial charge is 0.365 e. The third-order valence-electron chi connectivity index (χ3n) is 3.26. The van der Waals surface area contributed by atoms with E-state index in [0.29, 0.717) is 6.42 Å². The van der Waals surface area contributed by atoms with Crippen LogP contribution in [0.3, 0.4) is 0 Å². The Hall–Kier alpha value is -1.41. The molecule has 0 fully saturated rings. The van der Waals surface area contributed by atoms with Gasteiger partial charge in [0.15, 0.2) is 0 Å². The van der Waals surface area contributed by atoms with Gasteiger partial charge in [-0.3, -0.25) is 4.79 Å². The van der Waals surface area contributed by atoms with Crippen molar-refractivity contribution in [2.24, 2.45) is 5.92 Å². The molecule has 2 atom stereocenters. The zero-order valence-corrected chi connectivity index (χ0v) is 11.0. The van der Waals surface area contributed by atoms with Gasteiger partial charge in [0.2, 0.25) is 0 Å². The highest BCUT2D eigenvalue weighted by Crippen LogP contribution is 2.28. The van der Waals surface area contributed by atoms with Gasteiger partial charge in [-0.1, -0.05) is 56.3 Å². The van der Waals surface area contributed by atoms with Gasteiger partial charge in [-0.05, 0) is 12.0 Å². The van der Waals surface area contributed by atoms with Gasteiger partial charge in [0.05, 0.1) is 12.2 Å². The first-order valence-electron chi connectivity index (χ1n) is 6.56. The number of hydrogen-bond acceptors (Lipinski definition) is 2. The summed E-state index contributed by atoms with van der Waals surface area (Å²) in [5.74, 6) is 0.345. The van der Waals surface area contributed by atoms with Crippen molar-refractivity contribution in [3.8, 4) is 0 Å². The van der Waals surface area contributed by atoms with Crippen molar-refractivity contribution in [2.45, 2.75) is 38.9 Å². The van der Waals surface area contributed by atoms with Gasteiger partial charge in [-0.25, -0.2) is 0 Å². The molecule has 0 amide bonds. The molecule has 96 valence electrons. The van der Waals surface area contributed by atoms with Crippen molar-refractivity contribution in [3.63, 3.8) is 0 Å². The third-order valence-corrected chi connectivity index (χ3v) is 3.26.